The van der Waals surface area contributed by atoms with Crippen molar-refractivity contribution in [2.24, 2.45) is 0 Å². The summed E-state index contributed by atoms with van der Waals surface area (Å²) in [6, 6.07) is 11.7. The first-order valence-electron chi connectivity index (χ1n) is 7.35. The van der Waals surface area contributed by atoms with Crippen molar-refractivity contribution in [1.82, 2.24) is 5.32 Å². The van der Waals surface area contributed by atoms with Gasteiger partial charge in [0.2, 0.25) is 0 Å². The highest BCUT2D eigenvalue weighted by Crippen LogP contribution is 2.30. The Morgan fingerprint density at radius 2 is 2.08 bits per heavy atom. The number of carbonyl (C=O) groups is 1. The first kappa shape index (κ1) is 16.6. The van der Waals surface area contributed by atoms with E-state index in [9.17, 15) is 9.18 Å². The second-order valence-electron chi connectivity index (χ2n) is 5.17. The van der Waals surface area contributed by atoms with Crippen molar-refractivity contribution in [2.75, 3.05) is 19.8 Å². The minimum Gasteiger partial charge on any atom is -0.486 e. The Morgan fingerprint density at radius 1 is 1.29 bits per heavy atom. The molecule has 0 radical (unpaired) electrons. The third-order valence-corrected chi connectivity index (χ3v) is 3.84. The van der Waals surface area contributed by atoms with E-state index in [0.29, 0.717) is 22.6 Å². The second-order valence-corrected chi connectivity index (χ2v) is 6.08. The average Bonchev–Trinajstić information content (AvgIpc) is 2.59. The van der Waals surface area contributed by atoms with E-state index in [1.165, 1.54) is 12.1 Å². The van der Waals surface area contributed by atoms with Gasteiger partial charge in [-0.1, -0.05) is 28.1 Å². The molecule has 1 aliphatic heterocycles. The zero-order valence-corrected chi connectivity index (χ0v) is 14.2. The van der Waals surface area contributed by atoms with Gasteiger partial charge in [0.15, 0.2) is 29.7 Å². The fraction of sp³-hybridized carbons (Fsp3) is 0.235. The van der Waals surface area contributed by atoms with Gasteiger partial charge in [-0.2, -0.15) is 0 Å². The van der Waals surface area contributed by atoms with Crippen LogP contribution in [0, 0.1) is 5.82 Å². The van der Waals surface area contributed by atoms with Gasteiger partial charge in [-0.15, -0.1) is 0 Å². The number of ether oxygens (including phenoxy) is 3. The Labute approximate surface area is 146 Å². The lowest BCUT2D eigenvalue weighted by molar-refractivity contribution is -0.123. The predicted octanol–water partition coefficient (Wildman–Crippen LogP) is 2.92. The Kier molecular flexibility index (Phi) is 5.20. The van der Waals surface area contributed by atoms with Gasteiger partial charge in [0, 0.05) is 4.47 Å². The number of fused-ring (bicyclic) bond motifs is 1. The molecular weight excluding hydrogens is 381 g/mol. The fourth-order valence-corrected chi connectivity index (χ4v) is 2.51. The molecule has 3 rings (SSSR count). The summed E-state index contributed by atoms with van der Waals surface area (Å²) in [7, 11) is 0. The molecule has 0 fully saturated rings. The van der Waals surface area contributed by atoms with Crippen LogP contribution in [0.4, 0.5) is 4.39 Å². The van der Waals surface area contributed by atoms with Crippen molar-refractivity contribution in [1.29, 1.82) is 0 Å². The molecule has 0 bridgehead atoms. The Bertz CT molecular complexity index is 740. The summed E-state index contributed by atoms with van der Waals surface area (Å²) >= 11 is 3.16. The van der Waals surface area contributed by atoms with Gasteiger partial charge in [0.05, 0.1) is 6.54 Å². The molecule has 24 heavy (non-hydrogen) atoms. The van der Waals surface area contributed by atoms with Crippen molar-refractivity contribution >= 4 is 21.8 Å². The average molecular weight is 396 g/mol. The molecule has 1 heterocycles. The third-order valence-electron chi connectivity index (χ3n) is 3.35. The Morgan fingerprint density at radius 3 is 2.88 bits per heavy atom. The minimum atomic E-state index is -0.530. The smallest absolute Gasteiger partial charge is 0.258 e. The Hall–Kier alpha value is -2.28. The summed E-state index contributed by atoms with van der Waals surface area (Å²) in [5.41, 5.74) is 0. The summed E-state index contributed by atoms with van der Waals surface area (Å²) in [6.07, 6.45) is -0.284. The molecule has 0 saturated heterocycles. The lowest BCUT2D eigenvalue weighted by Gasteiger charge is -2.26. The second kappa shape index (κ2) is 7.53. The maximum atomic E-state index is 13.6. The zero-order valence-electron chi connectivity index (χ0n) is 12.6. The minimum absolute atomic E-state index is 0.0273. The number of benzene rings is 2. The van der Waals surface area contributed by atoms with E-state index in [1.54, 1.807) is 6.07 Å². The number of carbonyl (C=O) groups excluding carboxylic acids is 1. The van der Waals surface area contributed by atoms with Gasteiger partial charge in [-0.3, -0.25) is 4.79 Å². The molecule has 1 amide bonds. The van der Waals surface area contributed by atoms with Crippen LogP contribution in [0.5, 0.6) is 17.2 Å². The molecule has 2 aromatic carbocycles. The van der Waals surface area contributed by atoms with Crippen LogP contribution in [0.25, 0.3) is 0 Å². The molecule has 1 aliphatic rings. The van der Waals surface area contributed by atoms with Crippen LogP contribution >= 0.6 is 15.9 Å². The highest BCUT2D eigenvalue weighted by atomic mass is 79.9. The number of rotatable bonds is 5. The molecule has 126 valence electrons. The number of nitrogens with one attached hydrogen (secondary N) is 1. The molecule has 0 aliphatic carbocycles. The van der Waals surface area contributed by atoms with Crippen LogP contribution in [0.15, 0.2) is 46.9 Å². The summed E-state index contributed by atoms with van der Waals surface area (Å²) in [5.74, 6) is 0.474. The predicted molar refractivity (Wildman–Crippen MR) is 89.0 cm³/mol. The van der Waals surface area contributed by atoms with E-state index in [4.69, 9.17) is 14.2 Å². The third kappa shape index (κ3) is 4.17. The maximum absolute atomic E-state index is 13.6. The highest BCUT2D eigenvalue weighted by Gasteiger charge is 2.21. The van der Waals surface area contributed by atoms with E-state index in [1.807, 2.05) is 24.3 Å². The number of amides is 1. The van der Waals surface area contributed by atoms with E-state index >= 15 is 0 Å². The number of halogens is 2. The zero-order chi connectivity index (χ0) is 16.9. The molecule has 0 unspecified atom stereocenters. The molecule has 2 aromatic rings. The van der Waals surface area contributed by atoms with E-state index in [-0.39, 0.29) is 30.9 Å². The van der Waals surface area contributed by atoms with Gasteiger partial charge in [-0.05, 0) is 30.3 Å². The first-order valence-corrected chi connectivity index (χ1v) is 8.14. The SMILES string of the molecule is O=C(COc1ccc(Br)cc1F)NC[C@H]1COc2ccccc2O1. The van der Waals surface area contributed by atoms with Crippen molar-refractivity contribution in [3.63, 3.8) is 0 Å². The number of hydrogen-bond acceptors (Lipinski definition) is 4. The highest BCUT2D eigenvalue weighted by molar-refractivity contribution is 9.10. The van der Waals surface area contributed by atoms with Crippen LogP contribution in [-0.2, 0) is 4.79 Å². The first-order chi connectivity index (χ1) is 11.6. The lowest BCUT2D eigenvalue weighted by atomic mass is 10.2. The van der Waals surface area contributed by atoms with Gasteiger partial charge < -0.3 is 19.5 Å². The summed E-state index contributed by atoms with van der Waals surface area (Å²) in [6.45, 7) is 0.349. The van der Waals surface area contributed by atoms with Crippen LogP contribution in [0.3, 0.4) is 0 Å². The molecule has 1 N–H and O–H groups in total. The van der Waals surface area contributed by atoms with Crippen molar-refractivity contribution in [3.8, 4) is 17.2 Å². The van der Waals surface area contributed by atoms with Crippen LogP contribution < -0.4 is 19.5 Å². The van der Waals surface area contributed by atoms with Crippen LogP contribution in [-0.4, -0.2) is 31.8 Å². The van der Waals surface area contributed by atoms with Crippen molar-refractivity contribution in [2.45, 2.75) is 6.10 Å². The van der Waals surface area contributed by atoms with Crippen molar-refractivity contribution < 1.29 is 23.4 Å². The van der Waals surface area contributed by atoms with Crippen LogP contribution in [0.1, 0.15) is 0 Å². The normalized spacial score (nSPS) is 15.7. The van der Waals surface area contributed by atoms with Gasteiger partial charge in [0.1, 0.15) is 12.7 Å². The molecule has 0 aromatic heterocycles. The molecule has 0 spiro atoms. The summed E-state index contributed by atoms with van der Waals surface area (Å²) < 4.78 is 30.7. The Balaban J connectivity index is 1.45. The van der Waals surface area contributed by atoms with Gasteiger partial charge >= 0.3 is 0 Å². The number of para-hydroxylation sites is 2. The van der Waals surface area contributed by atoms with E-state index in [2.05, 4.69) is 21.2 Å². The van der Waals surface area contributed by atoms with Gasteiger partial charge in [0.25, 0.3) is 5.91 Å². The summed E-state index contributed by atoms with van der Waals surface area (Å²) in [5, 5.41) is 2.68. The summed E-state index contributed by atoms with van der Waals surface area (Å²) in [4.78, 5) is 11.8. The fourth-order valence-electron chi connectivity index (χ4n) is 2.18. The monoisotopic (exact) mass is 395 g/mol. The largest absolute Gasteiger partial charge is 0.486 e. The van der Waals surface area contributed by atoms with E-state index < -0.39 is 5.82 Å². The standard InChI is InChI=1S/C17H15BrFNO4/c18-11-5-6-14(13(19)7-11)23-10-17(21)20-8-12-9-22-15-3-1-2-4-16(15)24-12/h1-7,12H,8-10H2,(H,20,21)/t12-/m0/s1. The molecular formula is C17H15BrFNO4. The lowest BCUT2D eigenvalue weighted by Crippen LogP contribution is -2.42. The van der Waals surface area contributed by atoms with Gasteiger partial charge in [-0.25, -0.2) is 4.39 Å². The topological polar surface area (TPSA) is 56.8 Å². The number of hydrogen-bond donors (Lipinski definition) is 1. The maximum Gasteiger partial charge on any atom is 0.258 e. The molecule has 1 atom stereocenters. The van der Waals surface area contributed by atoms with E-state index in [0.717, 1.165) is 0 Å². The quantitative estimate of drug-likeness (QED) is 0.845. The van der Waals surface area contributed by atoms with Crippen molar-refractivity contribution in [3.05, 3.63) is 52.8 Å². The molecule has 7 heteroatoms. The van der Waals surface area contributed by atoms with Crippen LogP contribution in [0.2, 0.25) is 0 Å². The molecule has 0 saturated carbocycles. The molecule has 5 nitrogen and oxygen atoms in total.